The summed E-state index contributed by atoms with van der Waals surface area (Å²) in [6.45, 7) is 6.40. The Morgan fingerprint density at radius 1 is 1.08 bits per heavy atom. The molecule has 16 nitrogen and oxygen atoms in total. The minimum atomic E-state index is -3.92. The predicted molar refractivity (Wildman–Crippen MR) is 230 cm³/mol. The van der Waals surface area contributed by atoms with Crippen molar-refractivity contribution in [2.75, 3.05) is 23.8 Å². The molecule has 3 heterocycles. The van der Waals surface area contributed by atoms with Gasteiger partial charge in [0.15, 0.2) is 11.6 Å². The van der Waals surface area contributed by atoms with E-state index in [-0.39, 0.29) is 38.9 Å². The molecule has 316 valence electrons. The van der Waals surface area contributed by atoms with E-state index in [0.717, 1.165) is 66.7 Å². The molecule has 0 saturated heterocycles. The number of nitrogens with two attached hydrogens (primary N) is 1. The van der Waals surface area contributed by atoms with Gasteiger partial charge in [0.1, 0.15) is 17.8 Å². The highest BCUT2D eigenvalue weighted by atomic mass is 32.2. The first-order valence-electron chi connectivity index (χ1n) is 19.4. The molecule has 1 aliphatic carbocycles. The number of nitrogens with zero attached hydrogens (tertiary/aromatic N) is 7. The van der Waals surface area contributed by atoms with E-state index in [1.807, 2.05) is 58.2 Å². The van der Waals surface area contributed by atoms with Crippen LogP contribution in [0.25, 0.3) is 22.1 Å². The summed E-state index contributed by atoms with van der Waals surface area (Å²) in [5.74, 6) is 0.869. The number of hydrogen-bond donors (Lipinski definition) is 4. The van der Waals surface area contributed by atoms with Crippen LogP contribution in [-0.4, -0.2) is 76.5 Å². The monoisotopic (exact) mass is 839 g/mol. The van der Waals surface area contributed by atoms with Crippen LogP contribution in [0, 0.1) is 17.1 Å². The summed E-state index contributed by atoms with van der Waals surface area (Å²) >= 11 is 0. The van der Waals surface area contributed by atoms with Gasteiger partial charge in [0, 0.05) is 44.0 Å². The number of rotatable bonds is 15. The Hall–Kier alpha value is -6.69. The lowest BCUT2D eigenvalue weighted by Crippen LogP contribution is -2.22. The first-order chi connectivity index (χ1) is 28.9. The summed E-state index contributed by atoms with van der Waals surface area (Å²) in [7, 11) is -0.463. The second-order valence-corrected chi connectivity index (χ2v) is 16.1. The molecule has 0 radical (unpaired) electrons. The van der Waals surface area contributed by atoms with Crippen LogP contribution in [0.4, 0.5) is 21.8 Å². The van der Waals surface area contributed by atoms with Gasteiger partial charge in [0.05, 0.1) is 27.1 Å². The number of carbonyl (C=O) groups excluding carboxylic acids is 2. The van der Waals surface area contributed by atoms with Crippen molar-refractivity contribution in [1.29, 1.82) is 5.41 Å². The SMILES string of the molecule is CC(C)Oc1c(/C(C=N)=C/N)ncn2nc(Nc3ccc(S(=O)(=O)c4cccc(CC5CCC5)c4)cc3F)nc12.CCCN(C=O)c1nn(C)c2ccccc12.CNC=O. The van der Waals surface area contributed by atoms with Crippen molar-refractivity contribution in [3.8, 4) is 5.75 Å². The smallest absolute Gasteiger partial charge is 0.247 e. The lowest BCUT2D eigenvalue weighted by molar-refractivity contribution is -0.109. The molecule has 0 unspecified atom stereocenters. The largest absolute Gasteiger partial charge is 0.485 e. The average Bonchev–Trinajstić information content (AvgIpc) is 3.80. The van der Waals surface area contributed by atoms with Crippen LogP contribution in [0.15, 0.2) is 89.0 Å². The maximum atomic E-state index is 15.2. The number of para-hydroxylation sites is 1. The number of fused-ring (bicyclic) bond motifs is 2. The number of aryl methyl sites for hydroxylation is 1. The summed E-state index contributed by atoms with van der Waals surface area (Å²) < 4.78 is 50.8. The van der Waals surface area contributed by atoms with E-state index in [9.17, 15) is 13.2 Å². The van der Waals surface area contributed by atoms with Gasteiger partial charge >= 0.3 is 0 Å². The number of sulfone groups is 1. The van der Waals surface area contributed by atoms with Crippen LogP contribution in [0.5, 0.6) is 5.75 Å². The van der Waals surface area contributed by atoms with Gasteiger partial charge in [-0.1, -0.05) is 50.5 Å². The number of amides is 2. The Labute approximate surface area is 348 Å². The van der Waals surface area contributed by atoms with Crippen LogP contribution in [0.2, 0.25) is 0 Å². The fourth-order valence-corrected chi connectivity index (χ4v) is 7.72. The molecule has 60 heavy (non-hydrogen) atoms. The zero-order valence-electron chi connectivity index (χ0n) is 34.2. The predicted octanol–water partition coefficient (Wildman–Crippen LogP) is 6.23. The Morgan fingerprint density at radius 2 is 1.82 bits per heavy atom. The fourth-order valence-electron chi connectivity index (χ4n) is 6.38. The third kappa shape index (κ3) is 10.3. The molecule has 3 aromatic carbocycles. The van der Waals surface area contributed by atoms with Gasteiger partial charge < -0.3 is 26.5 Å². The number of hydrogen-bond acceptors (Lipinski definition) is 12. The molecule has 0 spiro atoms. The zero-order valence-corrected chi connectivity index (χ0v) is 35.0. The minimum Gasteiger partial charge on any atom is -0.485 e. The number of aromatic nitrogens is 6. The first kappa shape index (κ1) is 44.4. The third-order valence-electron chi connectivity index (χ3n) is 9.48. The first-order valence-corrected chi connectivity index (χ1v) is 20.9. The van der Waals surface area contributed by atoms with Crippen LogP contribution in [-0.2, 0) is 32.9 Å². The average molecular weight is 840 g/mol. The molecular weight excluding hydrogens is 790 g/mol. The molecule has 5 N–H and O–H groups in total. The molecule has 0 atom stereocenters. The van der Waals surface area contributed by atoms with E-state index >= 15 is 4.39 Å². The molecule has 3 aromatic heterocycles. The molecule has 0 aliphatic heterocycles. The molecule has 1 saturated carbocycles. The highest BCUT2D eigenvalue weighted by Crippen LogP contribution is 2.33. The molecule has 2 amide bonds. The number of nitrogens with one attached hydrogen (secondary N) is 3. The molecule has 1 aliphatic rings. The van der Waals surface area contributed by atoms with Crippen molar-refractivity contribution >= 4 is 68.4 Å². The van der Waals surface area contributed by atoms with Gasteiger partial charge in [-0.15, -0.1) is 5.10 Å². The van der Waals surface area contributed by atoms with Gasteiger partial charge in [0.25, 0.3) is 0 Å². The number of carbonyl (C=O) groups is 2. The van der Waals surface area contributed by atoms with Gasteiger partial charge in [-0.05, 0) is 80.6 Å². The second kappa shape index (κ2) is 20.3. The van der Waals surface area contributed by atoms with Crippen LogP contribution in [0.1, 0.15) is 57.7 Å². The molecule has 1 fully saturated rings. The number of halogens is 1. The summed E-state index contributed by atoms with van der Waals surface area (Å²) in [5.41, 5.74) is 8.58. The Balaban J connectivity index is 0.000000282. The molecule has 6 aromatic rings. The summed E-state index contributed by atoms with van der Waals surface area (Å²) in [4.78, 5) is 30.5. The second-order valence-electron chi connectivity index (χ2n) is 14.1. The topological polar surface area (TPSA) is 216 Å². The zero-order chi connectivity index (χ0) is 43.4. The fraction of sp³-hybridized carbons (Fsp3) is 0.310. The highest BCUT2D eigenvalue weighted by Gasteiger charge is 2.24. The van der Waals surface area contributed by atoms with Crippen molar-refractivity contribution in [2.24, 2.45) is 18.7 Å². The Bertz CT molecular complexity index is 2590. The Kier molecular flexibility index (Phi) is 15.0. The summed E-state index contributed by atoms with van der Waals surface area (Å²) in [5, 5.41) is 22.4. The normalized spacial score (nSPS) is 12.8. The summed E-state index contributed by atoms with van der Waals surface area (Å²) in [6.07, 6.45) is 10.2. The van der Waals surface area contributed by atoms with Crippen LogP contribution < -0.4 is 26.0 Å². The highest BCUT2D eigenvalue weighted by molar-refractivity contribution is 7.91. The number of anilines is 3. The quantitative estimate of drug-likeness (QED) is 0.0672. The third-order valence-corrected chi connectivity index (χ3v) is 11.2. The lowest BCUT2D eigenvalue weighted by atomic mass is 9.81. The van der Waals surface area contributed by atoms with E-state index in [1.165, 1.54) is 41.7 Å². The maximum absolute atomic E-state index is 15.2. The maximum Gasteiger partial charge on any atom is 0.247 e. The standard InChI is InChI=1S/C28H30FN7O3S.C12H15N3O.C2H5NO/c1-17(2)39-26-25(20(14-30)15-31)32-16-36-27(26)34-28(35-36)33-24-10-9-22(13-23(24)29)40(37,38)21-8-4-7-19(12-21)11-18-5-3-6-18;1-3-8-15(9-16)12-10-6-4-5-7-11(10)14(2)13-12;1-3-2-4/h4,7-10,12-18,30H,3,5-6,11,31H2,1-2H3,(H,33,35);4-7,9H,3,8H2,1-2H3;2H,1H3,(H,3,4)/b20-15+,30-14?;;. The molecular formula is C42H50FN11O5S. The van der Waals surface area contributed by atoms with Gasteiger partial charge in [0.2, 0.25) is 34.3 Å². The van der Waals surface area contributed by atoms with Crippen molar-refractivity contribution in [3.63, 3.8) is 0 Å². The summed E-state index contributed by atoms with van der Waals surface area (Å²) in [6, 6.07) is 18.5. The van der Waals surface area contributed by atoms with E-state index in [4.69, 9.17) is 20.7 Å². The number of benzene rings is 3. The molecule has 18 heteroatoms. The van der Waals surface area contributed by atoms with E-state index in [2.05, 4.69) is 30.8 Å². The van der Waals surface area contributed by atoms with Crippen molar-refractivity contribution in [2.45, 2.75) is 68.8 Å². The van der Waals surface area contributed by atoms with E-state index in [1.54, 1.807) is 28.8 Å². The van der Waals surface area contributed by atoms with Crippen molar-refractivity contribution in [1.82, 2.24) is 34.7 Å². The van der Waals surface area contributed by atoms with Crippen LogP contribution in [0.3, 0.4) is 0 Å². The van der Waals surface area contributed by atoms with E-state index < -0.39 is 15.7 Å². The lowest BCUT2D eigenvalue weighted by Gasteiger charge is -2.25. The van der Waals surface area contributed by atoms with Gasteiger partial charge in [-0.2, -0.15) is 14.6 Å². The van der Waals surface area contributed by atoms with Gasteiger partial charge in [-0.25, -0.2) is 17.8 Å². The molecule has 0 bridgehead atoms. The van der Waals surface area contributed by atoms with Crippen molar-refractivity contribution < 1.29 is 27.1 Å². The van der Waals surface area contributed by atoms with Crippen LogP contribution >= 0.6 is 0 Å². The number of allylic oxidation sites excluding steroid dienone is 1. The van der Waals surface area contributed by atoms with E-state index in [0.29, 0.717) is 30.1 Å². The molecule has 7 rings (SSSR count). The number of ether oxygens (including phenoxy) is 1. The Morgan fingerprint density at radius 3 is 2.43 bits per heavy atom. The minimum absolute atomic E-state index is 0.00450. The van der Waals surface area contributed by atoms with Crippen molar-refractivity contribution in [3.05, 3.63) is 96.3 Å². The van der Waals surface area contributed by atoms with Gasteiger partial charge in [-0.3, -0.25) is 19.2 Å².